The molecule has 0 bridgehead atoms. The largest absolute Gasteiger partial charge is 0.280 e. The Labute approximate surface area is 71.5 Å². The summed E-state index contributed by atoms with van der Waals surface area (Å²) in [5.41, 5.74) is 5.45. The molecular weight excluding hydrogens is 146 g/mol. The van der Waals surface area contributed by atoms with Crippen molar-refractivity contribution in [1.29, 1.82) is 0 Å². The highest BCUT2D eigenvalue weighted by Gasteiger charge is 2.23. The molecule has 0 atom stereocenters. The summed E-state index contributed by atoms with van der Waals surface area (Å²) in [6, 6.07) is 8.54. The van der Waals surface area contributed by atoms with E-state index in [1.807, 2.05) is 0 Å². The molecule has 0 spiro atoms. The van der Waals surface area contributed by atoms with Gasteiger partial charge < -0.3 is 0 Å². The van der Waals surface area contributed by atoms with Crippen LogP contribution < -0.4 is 0 Å². The first-order valence-electron chi connectivity index (χ1n) is 4.27. The Balaban J connectivity index is 2.28. The number of rotatable bonds is 0. The second-order valence-electron chi connectivity index (χ2n) is 3.25. The van der Waals surface area contributed by atoms with E-state index in [-0.39, 0.29) is 0 Å². The zero-order valence-electron chi connectivity index (χ0n) is 6.75. The molecule has 1 aliphatic heterocycles. The van der Waals surface area contributed by atoms with Gasteiger partial charge >= 0.3 is 0 Å². The Morgan fingerprint density at radius 3 is 3.08 bits per heavy atom. The summed E-state index contributed by atoms with van der Waals surface area (Å²) >= 11 is 0. The summed E-state index contributed by atoms with van der Waals surface area (Å²) < 4.78 is 0. The van der Waals surface area contributed by atoms with Gasteiger partial charge in [0.15, 0.2) is 0 Å². The SMILES string of the molecule is C1=C2Cc3ccccc3C2=NC1. The van der Waals surface area contributed by atoms with Crippen molar-refractivity contribution >= 4 is 5.71 Å². The Morgan fingerprint density at radius 2 is 2.08 bits per heavy atom. The molecule has 1 aromatic carbocycles. The third-order valence-corrected chi connectivity index (χ3v) is 2.54. The topological polar surface area (TPSA) is 12.4 Å². The maximum atomic E-state index is 4.46. The van der Waals surface area contributed by atoms with Gasteiger partial charge in [-0.2, -0.15) is 0 Å². The number of nitrogens with zero attached hydrogens (tertiary/aromatic N) is 1. The van der Waals surface area contributed by atoms with Gasteiger partial charge in [0.25, 0.3) is 0 Å². The van der Waals surface area contributed by atoms with E-state index in [0.29, 0.717) is 0 Å². The second kappa shape index (κ2) is 2.07. The van der Waals surface area contributed by atoms with Gasteiger partial charge in [-0.15, -0.1) is 0 Å². The third-order valence-electron chi connectivity index (χ3n) is 2.54. The fourth-order valence-electron chi connectivity index (χ4n) is 1.97. The highest BCUT2D eigenvalue weighted by molar-refractivity contribution is 6.17. The molecule has 0 radical (unpaired) electrons. The quantitative estimate of drug-likeness (QED) is 0.543. The molecule has 0 saturated carbocycles. The number of aliphatic imine (C=N–C) groups is 1. The zero-order chi connectivity index (χ0) is 7.97. The highest BCUT2D eigenvalue weighted by atomic mass is 14.8. The van der Waals surface area contributed by atoms with E-state index >= 15 is 0 Å². The van der Waals surface area contributed by atoms with Gasteiger partial charge in [0.05, 0.1) is 12.3 Å². The Bertz CT molecular complexity index is 399. The first-order chi connectivity index (χ1) is 5.95. The van der Waals surface area contributed by atoms with E-state index in [0.717, 1.165) is 13.0 Å². The predicted molar refractivity (Wildman–Crippen MR) is 49.6 cm³/mol. The van der Waals surface area contributed by atoms with Crippen molar-refractivity contribution in [2.24, 2.45) is 4.99 Å². The standard InChI is InChI=1S/C11H9N/c1-2-4-10-8(3-1)7-9-5-6-12-11(9)10/h1-5H,6-7H2. The van der Waals surface area contributed by atoms with E-state index in [2.05, 4.69) is 35.3 Å². The van der Waals surface area contributed by atoms with Gasteiger partial charge in [-0.1, -0.05) is 30.3 Å². The van der Waals surface area contributed by atoms with Gasteiger partial charge in [0.2, 0.25) is 0 Å². The van der Waals surface area contributed by atoms with Crippen LogP contribution in [-0.4, -0.2) is 12.3 Å². The van der Waals surface area contributed by atoms with Crippen molar-refractivity contribution in [3.05, 3.63) is 47.0 Å². The summed E-state index contributed by atoms with van der Waals surface area (Å²) in [5, 5.41) is 0. The van der Waals surface area contributed by atoms with Crippen molar-refractivity contribution in [3.8, 4) is 0 Å². The number of fused-ring (bicyclic) bond motifs is 3. The molecule has 1 aliphatic carbocycles. The monoisotopic (exact) mass is 155 g/mol. The molecule has 12 heavy (non-hydrogen) atoms. The van der Waals surface area contributed by atoms with E-state index in [9.17, 15) is 0 Å². The average molecular weight is 155 g/mol. The summed E-state index contributed by atoms with van der Waals surface area (Å²) in [5.74, 6) is 0. The normalized spacial score (nSPS) is 18.3. The van der Waals surface area contributed by atoms with Gasteiger partial charge in [-0.25, -0.2) is 0 Å². The number of hydrogen-bond donors (Lipinski definition) is 0. The molecule has 1 nitrogen and oxygen atoms in total. The molecular formula is C11H9N. The van der Waals surface area contributed by atoms with E-state index in [4.69, 9.17) is 0 Å². The molecule has 0 unspecified atom stereocenters. The Kier molecular flexibility index (Phi) is 1.06. The smallest absolute Gasteiger partial charge is 0.0686 e. The van der Waals surface area contributed by atoms with Gasteiger partial charge in [-0.3, -0.25) is 4.99 Å². The Hall–Kier alpha value is -1.37. The summed E-state index contributed by atoms with van der Waals surface area (Å²) in [7, 11) is 0. The van der Waals surface area contributed by atoms with Crippen LogP contribution >= 0.6 is 0 Å². The molecule has 1 heteroatoms. The molecule has 0 aromatic heterocycles. The van der Waals surface area contributed by atoms with Crippen molar-refractivity contribution < 1.29 is 0 Å². The van der Waals surface area contributed by atoms with Gasteiger partial charge in [0.1, 0.15) is 0 Å². The zero-order valence-corrected chi connectivity index (χ0v) is 6.75. The van der Waals surface area contributed by atoms with Crippen LogP contribution in [0, 0.1) is 0 Å². The van der Waals surface area contributed by atoms with E-state index in [1.54, 1.807) is 0 Å². The molecule has 0 N–H and O–H groups in total. The van der Waals surface area contributed by atoms with Crippen LogP contribution in [0.15, 0.2) is 40.9 Å². The van der Waals surface area contributed by atoms with Gasteiger partial charge in [-0.05, 0) is 17.6 Å². The fourth-order valence-corrected chi connectivity index (χ4v) is 1.97. The van der Waals surface area contributed by atoms with E-state index < -0.39 is 0 Å². The van der Waals surface area contributed by atoms with Crippen molar-refractivity contribution in [2.45, 2.75) is 6.42 Å². The minimum absolute atomic E-state index is 0.888. The number of allylic oxidation sites excluding steroid dienone is 1. The summed E-state index contributed by atoms with van der Waals surface area (Å²) in [6.07, 6.45) is 3.32. The van der Waals surface area contributed by atoms with Crippen LogP contribution in [0.25, 0.3) is 0 Å². The molecule has 3 rings (SSSR count). The second-order valence-corrected chi connectivity index (χ2v) is 3.25. The Morgan fingerprint density at radius 1 is 1.17 bits per heavy atom. The minimum atomic E-state index is 0.888. The van der Waals surface area contributed by atoms with Crippen LogP contribution in [0.4, 0.5) is 0 Å². The molecule has 0 fully saturated rings. The van der Waals surface area contributed by atoms with Crippen LogP contribution in [0.5, 0.6) is 0 Å². The lowest BCUT2D eigenvalue weighted by Crippen LogP contribution is -1.92. The van der Waals surface area contributed by atoms with Crippen LogP contribution in [0.3, 0.4) is 0 Å². The van der Waals surface area contributed by atoms with E-state index in [1.165, 1.54) is 22.4 Å². The minimum Gasteiger partial charge on any atom is -0.280 e. The summed E-state index contributed by atoms with van der Waals surface area (Å²) in [6.45, 7) is 0.888. The maximum absolute atomic E-state index is 4.46. The lowest BCUT2D eigenvalue weighted by Gasteiger charge is -1.95. The third kappa shape index (κ3) is 0.658. The molecule has 0 saturated heterocycles. The number of hydrogen-bond acceptors (Lipinski definition) is 1. The molecule has 1 heterocycles. The van der Waals surface area contributed by atoms with Crippen LogP contribution in [-0.2, 0) is 6.42 Å². The van der Waals surface area contributed by atoms with Crippen molar-refractivity contribution in [2.75, 3.05) is 6.54 Å². The maximum Gasteiger partial charge on any atom is 0.0686 e. The lowest BCUT2D eigenvalue weighted by molar-refractivity contribution is 1.23. The molecule has 1 aromatic rings. The molecule has 58 valence electrons. The lowest BCUT2D eigenvalue weighted by atomic mass is 10.1. The van der Waals surface area contributed by atoms with Gasteiger partial charge in [0, 0.05) is 5.56 Å². The van der Waals surface area contributed by atoms with Crippen molar-refractivity contribution in [1.82, 2.24) is 0 Å². The summed E-state index contributed by atoms with van der Waals surface area (Å²) in [4.78, 5) is 4.46. The molecule has 2 aliphatic rings. The number of benzene rings is 1. The average Bonchev–Trinajstić information content (AvgIpc) is 2.62. The predicted octanol–water partition coefficient (Wildman–Crippen LogP) is 1.97. The van der Waals surface area contributed by atoms with Crippen LogP contribution in [0.2, 0.25) is 0 Å². The first kappa shape index (κ1) is 6.18. The fraction of sp³-hybridized carbons (Fsp3) is 0.182. The first-order valence-corrected chi connectivity index (χ1v) is 4.27. The van der Waals surface area contributed by atoms with Crippen LogP contribution in [0.1, 0.15) is 11.1 Å². The highest BCUT2D eigenvalue weighted by Crippen LogP contribution is 2.28. The van der Waals surface area contributed by atoms with Crippen molar-refractivity contribution in [3.63, 3.8) is 0 Å². The molecule has 0 amide bonds.